The summed E-state index contributed by atoms with van der Waals surface area (Å²) >= 11 is 0. The molecule has 3 heterocycles. The van der Waals surface area contributed by atoms with Crippen LogP contribution in [0.15, 0.2) is 188 Å². The van der Waals surface area contributed by atoms with Gasteiger partial charge in [0.25, 0.3) is 0 Å². The van der Waals surface area contributed by atoms with Crippen LogP contribution in [0, 0.1) is 18.3 Å². The quantitative estimate of drug-likeness (QED) is 0.162. The summed E-state index contributed by atoms with van der Waals surface area (Å²) in [7, 11) is 0. The molecule has 6 heteroatoms. The number of nitrogens with zero attached hydrogens (tertiary/aromatic N) is 6. The van der Waals surface area contributed by atoms with Crippen LogP contribution in [-0.2, 0) is 0 Å². The van der Waals surface area contributed by atoms with Crippen molar-refractivity contribution in [3.05, 3.63) is 199 Å². The van der Waals surface area contributed by atoms with Gasteiger partial charge in [0.1, 0.15) is 0 Å². The van der Waals surface area contributed by atoms with Crippen molar-refractivity contribution < 1.29 is 0 Å². The second-order valence-electron chi connectivity index (χ2n) is 14.3. The zero-order valence-corrected chi connectivity index (χ0v) is 31.6. The minimum absolute atomic E-state index is 0.460. The van der Waals surface area contributed by atoms with Gasteiger partial charge in [0.2, 0.25) is 0 Å². The lowest BCUT2D eigenvalue weighted by Gasteiger charge is -2.20. The Labute approximate surface area is 336 Å². The molecule has 0 aliphatic rings. The first-order valence-electron chi connectivity index (χ1n) is 19.2. The van der Waals surface area contributed by atoms with Gasteiger partial charge in [-0.25, -0.2) is 19.9 Å². The van der Waals surface area contributed by atoms with E-state index in [1.807, 2.05) is 109 Å². The third-order valence-corrected chi connectivity index (χ3v) is 10.5. The van der Waals surface area contributed by atoms with Crippen LogP contribution < -0.4 is 0 Å². The lowest BCUT2D eigenvalue weighted by atomic mass is 9.97. The van der Waals surface area contributed by atoms with Crippen molar-refractivity contribution in [2.24, 2.45) is 0 Å². The van der Waals surface area contributed by atoms with Crippen LogP contribution in [0.4, 0.5) is 0 Å². The van der Waals surface area contributed by atoms with E-state index in [-0.39, 0.29) is 0 Å². The Morgan fingerprint density at radius 2 is 0.879 bits per heavy atom. The van der Waals surface area contributed by atoms with Crippen LogP contribution in [0.25, 0.3) is 95.3 Å². The molecule has 0 aliphatic carbocycles. The van der Waals surface area contributed by atoms with Crippen LogP contribution in [0.1, 0.15) is 11.1 Å². The van der Waals surface area contributed by atoms with Crippen molar-refractivity contribution in [1.82, 2.24) is 24.5 Å². The molecule has 0 amide bonds. The summed E-state index contributed by atoms with van der Waals surface area (Å²) in [6, 6.07) is 65.9. The third-order valence-electron chi connectivity index (χ3n) is 10.5. The third kappa shape index (κ3) is 6.27. The topological polar surface area (TPSA) is 80.3 Å². The van der Waals surface area contributed by atoms with Gasteiger partial charge >= 0.3 is 0 Å². The zero-order chi connectivity index (χ0) is 39.0. The average molecular weight is 743 g/mol. The molecule has 0 radical (unpaired) electrons. The molecule has 3 aromatic heterocycles. The van der Waals surface area contributed by atoms with Gasteiger partial charge in [-0.05, 0) is 48.9 Å². The minimum atomic E-state index is 0.460. The highest BCUT2D eigenvalue weighted by Crippen LogP contribution is 2.43. The molecule has 0 spiro atoms. The van der Waals surface area contributed by atoms with Gasteiger partial charge in [-0.3, -0.25) is 0 Å². The van der Waals surface area contributed by atoms with Gasteiger partial charge in [0.05, 0.1) is 51.1 Å². The van der Waals surface area contributed by atoms with Crippen molar-refractivity contribution in [1.29, 1.82) is 5.26 Å². The van der Waals surface area contributed by atoms with E-state index < -0.39 is 0 Å². The number of aryl methyl sites for hydroxylation is 1. The highest BCUT2D eigenvalue weighted by atomic mass is 15.0. The Morgan fingerprint density at radius 3 is 1.47 bits per heavy atom. The van der Waals surface area contributed by atoms with Crippen LogP contribution in [0.3, 0.4) is 0 Å². The van der Waals surface area contributed by atoms with E-state index in [1.165, 1.54) is 0 Å². The van der Waals surface area contributed by atoms with E-state index in [2.05, 4.69) is 96.4 Å². The summed E-state index contributed by atoms with van der Waals surface area (Å²) in [5.41, 5.74) is 12.7. The summed E-state index contributed by atoms with van der Waals surface area (Å²) in [5.74, 6) is 1.08. The number of benzene rings is 7. The Balaban J connectivity index is 1.37. The number of para-hydroxylation sites is 1. The largest absolute Gasteiger partial charge is 0.308 e. The fourth-order valence-electron chi connectivity index (χ4n) is 7.77. The lowest BCUT2D eigenvalue weighted by molar-refractivity contribution is 1.12. The first-order valence-corrected chi connectivity index (χ1v) is 19.2. The average Bonchev–Trinajstić information content (AvgIpc) is 3.62. The van der Waals surface area contributed by atoms with Crippen LogP contribution >= 0.6 is 0 Å². The van der Waals surface area contributed by atoms with Gasteiger partial charge in [-0.2, -0.15) is 5.26 Å². The van der Waals surface area contributed by atoms with Gasteiger partial charge < -0.3 is 4.57 Å². The molecule has 0 bridgehead atoms. The van der Waals surface area contributed by atoms with Gasteiger partial charge in [0.15, 0.2) is 11.6 Å². The van der Waals surface area contributed by atoms with E-state index >= 15 is 0 Å². The summed E-state index contributed by atoms with van der Waals surface area (Å²) in [5, 5.41) is 13.0. The normalized spacial score (nSPS) is 11.2. The molecular weight excluding hydrogens is 709 g/mol. The summed E-state index contributed by atoms with van der Waals surface area (Å²) < 4.78 is 2.30. The smallest absolute Gasteiger partial charge is 0.162 e. The molecule has 272 valence electrons. The maximum Gasteiger partial charge on any atom is 0.162 e. The van der Waals surface area contributed by atoms with E-state index in [4.69, 9.17) is 19.9 Å². The number of aromatic nitrogens is 5. The maximum absolute atomic E-state index is 10.8. The SMILES string of the molecule is Cc1ccc2c3ccccc3n(-c3c(-c4cc(-c5ccccc5)nc(-c5ccccc5)n4)cc(C#N)cc3-c3nc(-c4ccccc4)cc(-c4ccccc4)n3)c2c1. The Kier molecular flexibility index (Phi) is 8.66. The number of hydrogen-bond donors (Lipinski definition) is 0. The molecule has 0 aliphatic heterocycles. The van der Waals surface area contributed by atoms with Crippen LogP contribution in [0.5, 0.6) is 0 Å². The lowest BCUT2D eigenvalue weighted by Crippen LogP contribution is -2.06. The highest BCUT2D eigenvalue weighted by molar-refractivity contribution is 6.10. The monoisotopic (exact) mass is 742 g/mol. The van der Waals surface area contributed by atoms with Crippen molar-refractivity contribution in [3.8, 4) is 79.6 Å². The predicted octanol–water partition coefficient (Wildman–Crippen LogP) is 12.5. The van der Waals surface area contributed by atoms with E-state index in [1.54, 1.807) is 0 Å². The van der Waals surface area contributed by atoms with Gasteiger partial charge in [0, 0.05) is 44.2 Å². The second kappa shape index (κ2) is 14.6. The molecule has 0 unspecified atom stereocenters. The van der Waals surface area contributed by atoms with E-state index in [0.717, 1.165) is 78.0 Å². The number of nitriles is 1. The molecule has 6 nitrogen and oxygen atoms in total. The molecule has 10 rings (SSSR count). The molecule has 58 heavy (non-hydrogen) atoms. The zero-order valence-electron chi connectivity index (χ0n) is 31.6. The highest BCUT2D eigenvalue weighted by Gasteiger charge is 2.25. The number of hydrogen-bond acceptors (Lipinski definition) is 5. The van der Waals surface area contributed by atoms with E-state index in [9.17, 15) is 5.26 Å². The molecule has 10 aromatic rings. The van der Waals surface area contributed by atoms with Crippen LogP contribution in [-0.4, -0.2) is 24.5 Å². The first kappa shape index (κ1) is 34.5. The van der Waals surface area contributed by atoms with Crippen molar-refractivity contribution in [2.75, 3.05) is 0 Å². The fraction of sp³-hybridized carbons (Fsp3) is 0.0192. The molecule has 0 saturated heterocycles. The maximum atomic E-state index is 10.8. The van der Waals surface area contributed by atoms with Crippen molar-refractivity contribution in [2.45, 2.75) is 6.92 Å². The first-order chi connectivity index (χ1) is 28.6. The molecule has 7 aromatic carbocycles. The molecule has 0 fully saturated rings. The molecule has 0 atom stereocenters. The Hall–Kier alpha value is -8.01. The van der Waals surface area contributed by atoms with Gasteiger partial charge in [-0.1, -0.05) is 152 Å². The second-order valence-corrected chi connectivity index (χ2v) is 14.3. The standard InChI is InChI=1S/C52H34N6/c1-34-26-27-41-40-24-14-15-25-48(40)58(49(41)28-34)50-42(47-32-46(38-20-10-4-11-21-38)54-51(57-47)39-22-12-5-13-23-39)29-35(33-53)30-43(50)52-55-44(36-16-6-2-7-17-36)31-45(56-52)37-18-8-3-9-19-37/h2-32H,1H3. The predicted molar refractivity (Wildman–Crippen MR) is 234 cm³/mol. The van der Waals surface area contributed by atoms with E-state index in [0.29, 0.717) is 28.5 Å². The molecular formula is C52H34N6. The Bertz CT molecular complexity index is 2910. The summed E-state index contributed by atoms with van der Waals surface area (Å²) in [6.45, 7) is 2.11. The van der Waals surface area contributed by atoms with Crippen molar-refractivity contribution in [3.63, 3.8) is 0 Å². The summed E-state index contributed by atoms with van der Waals surface area (Å²) in [6.07, 6.45) is 0. The van der Waals surface area contributed by atoms with Crippen molar-refractivity contribution >= 4 is 21.8 Å². The molecule has 0 N–H and O–H groups in total. The van der Waals surface area contributed by atoms with Crippen LogP contribution in [0.2, 0.25) is 0 Å². The van der Waals surface area contributed by atoms with Gasteiger partial charge in [-0.15, -0.1) is 0 Å². The Morgan fingerprint density at radius 1 is 0.414 bits per heavy atom. The fourth-order valence-corrected chi connectivity index (χ4v) is 7.77. The molecule has 0 saturated carbocycles. The summed E-state index contributed by atoms with van der Waals surface area (Å²) in [4.78, 5) is 21.1. The number of rotatable bonds is 7. The number of fused-ring (bicyclic) bond motifs is 3. The minimum Gasteiger partial charge on any atom is -0.308 e.